The smallest absolute Gasteiger partial charge is 0.264 e. The molecule has 0 saturated carbocycles. The first kappa shape index (κ1) is 14.2. The van der Waals surface area contributed by atoms with Crippen LogP contribution in [0, 0.1) is 0 Å². The number of Topliss-reactive ketones (excluding diaryl/α,β-unsaturated/α-hetero) is 1. The van der Waals surface area contributed by atoms with E-state index >= 15 is 0 Å². The summed E-state index contributed by atoms with van der Waals surface area (Å²) in [5.41, 5.74) is 1.12. The van der Waals surface area contributed by atoms with Crippen molar-refractivity contribution in [2.24, 2.45) is 0 Å². The summed E-state index contributed by atoms with van der Waals surface area (Å²) in [4.78, 5) is 15.1. The van der Waals surface area contributed by atoms with Crippen molar-refractivity contribution >= 4 is 5.78 Å². The van der Waals surface area contributed by atoms with E-state index in [1.165, 1.54) is 0 Å². The van der Waals surface area contributed by atoms with Crippen molar-refractivity contribution in [2.45, 2.75) is 39.7 Å². The minimum Gasteiger partial charge on any atom is -0.484 e. The molecule has 0 fully saturated rings. The van der Waals surface area contributed by atoms with Gasteiger partial charge in [0.15, 0.2) is 12.4 Å². The summed E-state index contributed by atoms with van der Waals surface area (Å²) in [6, 6.07) is 7.69. The van der Waals surface area contributed by atoms with Crippen molar-refractivity contribution in [3.8, 4) is 5.75 Å². The van der Waals surface area contributed by atoms with Gasteiger partial charge in [-0.2, -0.15) is 4.98 Å². The van der Waals surface area contributed by atoms with Crippen LogP contribution in [0.1, 0.15) is 37.5 Å². The number of benzene rings is 1. The predicted octanol–water partition coefficient (Wildman–Crippen LogP) is 2.73. The van der Waals surface area contributed by atoms with Crippen LogP contribution in [-0.2, 0) is 24.2 Å². The monoisotopic (exact) mass is 274 g/mol. The van der Waals surface area contributed by atoms with Gasteiger partial charge in [-0.05, 0) is 31.0 Å². The van der Waals surface area contributed by atoms with Crippen molar-refractivity contribution in [3.63, 3.8) is 0 Å². The summed E-state index contributed by atoms with van der Waals surface area (Å²) in [6.07, 6.45) is 2.08. The van der Waals surface area contributed by atoms with Crippen LogP contribution < -0.4 is 4.74 Å². The molecule has 0 spiro atoms. The van der Waals surface area contributed by atoms with Crippen LogP contribution in [-0.4, -0.2) is 15.9 Å². The van der Waals surface area contributed by atoms with E-state index in [9.17, 15) is 4.79 Å². The lowest BCUT2D eigenvalue weighted by atomic mass is 10.1. The number of ketones is 1. The highest BCUT2D eigenvalue weighted by Crippen LogP contribution is 2.15. The Hall–Kier alpha value is -2.17. The number of carbonyl (C=O) groups excluding carboxylic acids is 1. The zero-order valence-corrected chi connectivity index (χ0v) is 11.8. The SMILES string of the molecule is CCc1noc(COc2ccc(CCC(C)=O)cc2)n1. The second-order valence-electron chi connectivity index (χ2n) is 4.59. The Bertz CT molecular complexity index is 561. The average molecular weight is 274 g/mol. The van der Waals surface area contributed by atoms with Gasteiger partial charge in [-0.3, -0.25) is 0 Å². The van der Waals surface area contributed by atoms with E-state index in [1.807, 2.05) is 31.2 Å². The highest BCUT2D eigenvalue weighted by atomic mass is 16.5. The fraction of sp³-hybridized carbons (Fsp3) is 0.400. The molecule has 1 heterocycles. The molecule has 2 aromatic rings. The summed E-state index contributed by atoms with van der Waals surface area (Å²) in [7, 11) is 0. The van der Waals surface area contributed by atoms with Crippen LogP contribution in [0.2, 0.25) is 0 Å². The summed E-state index contributed by atoms with van der Waals surface area (Å²) in [5, 5.41) is 3.80. The van der Waals surface area contributed by atoms with E-state index < -0.39 is 0 Å². The Morgan fingerprint density at radius 3 is 2.65 bits per heavy atom. The molecule has 0 saturated heterocycles. The molecule has 0 aliphatic heterocycles. The number of aryl methyl sites for hydroxylation is 2. The first-order valence-corrected chi connectivity index (χ1v) is 6.70. The fourth-order valence-corrected chi connectivity index (χ4v) is 1.71. The zero-order valence-electron chi connectivity index (χ0n) is 11.8. The summed E-state index contributed by atoms with van der Waals surface area (Å²) < 4.78 is 10.6. The number of aromatic nitrogens is 2. The molecule has 2 rings (SSSR count). The van der Waals surface area contributed by atoms with Gasteiger partial charge in [0.2, 0.25) is 0 Å². The molecule has 0 bridgehead atoms. The highest BCUT2D eigenvalue weighted by Gasteiger charge is 2.05. The molecule has 0 aliphatic carbocycles. The van der Waals surface area contributed by atoms with E-state index in [0.29, 0.717) is 18.1 Å². The summed E-state index contributed by atoms with van der Waals surface area (Å²) in [5.74, 6) is 2.10. The molecular weight excluding hydrogens is 256 g/mol. The highest BCUT2D eigenvalue weighted by molar-refractivity contribution is 5.75. The second kappa shape index (κ2) is 6.84. The molecule has 106 valence electrons. The Morgan fingerprint density at radius 2 is 2.05 bits per heavy atom. The Balaban J connectivity index is 1.85. The molecule has 1 aromatic carbocycles. The molecule has 20 heavy (non-hydrogen) atoms. The molecule has 0 unspecified atom stereocenters. The minimum absolute atomic E-state index is 0.202. The quantitative estimate of drug-likeness (QED) is 0.776. The van der Waals surface area contributed by atoms with Crippen molar-refractivity contribution in [2.75, 3.05) is 0 Å². The predicted molar refractivity (Wildman–Crippen MR) is 73.5 cm³/mol. The van der Waals surface area contributed by atoms with Gasteiger partial charge in [0, 0.05) is 12.8 Å². The molecule has 1 aromatic heterocycles. The van der Waals surface area contributed by atoms with Gasteiger partial charge >= 0.3 is 0 Å². The normalized spacial score (nSPS) is 10.5. The third-order valence-corrected chi connectivity index (χ3v) is 2.88. The van der Waals surface area contributed by atoms with Crippen LogP contribution in [0.5, 0.6) is 5.75 Å². The minimum atomic E-state index is 0.202. The molecule has 0 radical (unpaired) electrons. The maximum absolute atomic E-state index is 10.9. The number of hydrogen-bond acceptors (Lipinski definition) is 5. The van der Waals surface area contributed by atoms with E-state index in [-0.39, 0.29) is 12.4 Å². The lowest BCUT2D eigenvalue weighted by molar-refractivity contribution is -0.116. The fourth-order valence-electron chi connectivity index (χ4n) is 1.71. The number of nitrogens with zero attached hydrogens (tertiary/aromatic N) is 2. The summed E-state index contributed by atoms with van der Waals surface area (Å²) in [6.45, 7) is 3.83. The van der Waals surface area contributed by atoms with Crippen LogP contribution in [0.15, 0.2) is 28.8 Å². The number of ether oxygens (including phenoxy) is 1. The Kier molecular flexibility index (Phi) is 4.87. The van der Waals surface area contributed by atoms with Gasteiger partial charge in [0.25, 0.3) is 5.89 Å². The van der Waals surface area contributed by atoms with Gasteiger partial charge in [0.05, 0.1) is 0 Å². The maximum Gasteiger partial charge on any atom is 0.264 e. The average Bonchev–Trinajstić information content (AvgIpc) is 2.92. The molecular formula is C15H18N2O3. The van der Waals surface area contributed by atoms with Gasteiger partial charge < -0.3 is 14.1 Å². The van der Waals surface area contributed by atoms with Crippen LogP contribution in [0.3, 0.4) is 0 Å². The molecule has 5 nitrogen and oxygen atoms in total. The number of hydrogen-bond donors (Lipinski definition) is 0. The third kappa shape index (κ3) is 4.19. The second-order valence-corrected chi connectivity index (χ2v) is 4.59. The van der Waals surface area contributed by atoms with Crippen molar-refractivity contribution in [3.05, 3.63) is 41.5 Å². The van der Waals surface area contributed by atoms with E-state index in [2.05, 4.69) is 10.1 Å². The third-order valence-electron chi connectivity index (χ3n) is 2.88. The van der Waals surface area contributed by atoms with Crippen LogP contribution >= 0.6 is 0 Å². The van der Waals surface area contributed by atoms with Gasteiger partial charge in [-0.15, -0.1) is 0 Å². The van der Waals surface area contributed by atoms with Crippen LogP contribution in [0.4, 0.5) is 0 Å². The van der Waals surface area contributed by atoms with Gasteiger partial charge in [0.1, 0.15) is 11.5 Å². The zero-order chi connectivity index (χ0) is 14.4. The van der Waals surface area contributed by atoms with Crippen molar-refractivity contribution < 1.29 is 14.1 Å². The molecule has 0 N–H and O–H groups in total. The topological polar surface area (TPSA) is 65.2 Å². The first-order chi connectivity index (χ1) is 9.67. The molecule has 5 heteroatoms. The van der Waals surface area contributed by atoms with Crippen molar-refractivity contribution in [1.29, 1.82) is 0 Å². The van der Waals surface area contributed by atoms with E-state index in [1.54, 1.807) is 6.92 Å². The molecule has 0 atom stereocenters. The maximum atomic E-state index is 10.9. The van der Waals surface area contributed by atoms with Crippen molar-refractivity contribution in [1.82, 2.24) is 10.1 Å². The van der Waals surface area contributed by atoms with Crippen LogP contribution in [0.25, 0.3) is 0 Å². The largest absolute Gasteiger partial charge is 0.484 e. The standard InChI is InChI=1S/C15H18N2O3/c1-3-14-16-15(20-17-14)10-19-13-8-6-12(7-9-13)5-4-11(2)18/h6-9H,3-5,10H2,1-2H3. The Labute approximate surface area is 118 Å². The van der Waals surface area contributed by atoms with Gasteiger partial charge in [-0.1, -0.05) is 24.2 Å². The number of rotatable bonds is 7. The van der Waals surface area contributed by atoms with E-state index in [4.69, 9.17) is 9.26 Å². The lowest BCUT2D eigenvalue weighted by Gasteiger charge is -2.04. The molecule has 0 aliphatic rings. The molecule has 0 amide bonds. The summed E-state index contributed by atoms with van der Waals surface area (Å²) >= 11 is 0. The lowest BCUT2D eigenvalue weighted by Crippen LogP contribution is -1.97. The van der Waals surface area contributed by atoms with Gasteiger partial charge in [-0.25, -0.2) is 0 Å². The van der Waals surface area contributed by atoms with E-state index in [0.717, 1.165) is 24.2 Å². The first-order valence-electron chi connectivity index (χ1n) is 6.70. The Morgan fingerprint density at radius 1 is 1.30 bits per heavy atom. The number of carbonyl (C=O) groups is 1.